The summed E-state index contributed by atoms with van der Waals surface area (Å²) in [6.07, 6.45) is -0.795. The molecular weight excluding hydrogens is 394 g/mol. The van der Waals surface area contributed by atoms with Crippen molar-refractivity contribution in [1.29, 1.82) is 0 Å². The number of benzene rings is 4. The van der Waals surface area contributed by atoms with Crippen molar-refractivity contribution < 1.29 is 9.90 Å². The van der Waals surface area contributed by atoms with E-state index in [1.165, 1.54) is 0 Å². The molecule has 3 nitrogen and oxygen atoms in total. The average Bonchev–Trinajstić information content (AvgIpc) is 2.80. The molecule has 0 unspecified atom stereocenters. The highest BCUT2D eigenvalue weighted by atomic mass is 16.3. The number of fused-ring (bicyclic) bond motifs is 1. The summed E-state index contributed by atoms with van der Waals surface area (Å²) in [5.41, 5.74) is 2.94. The predicted molar refractivity (Wildman–Crippen MR) is 132 cm³/mol. The van der Waals surface area contributed by atoms with Gasteiger partial charge in [-0.2, -0.15) is 0 Å². The molecule has 4 aromatic rings. The number of carbonyl (C=O) groups is 1. The number of carbonyl (C=O) groups excluding carboxylic acids is 1. The molecule has 0 saturated carbocycles. The summed E-state index contributed by atoms with van der Waals surface area (Å²) in [5.74, 6) is -0.408. The van der Waals surface area contributed by atoms with Crippen LogP contribution in [-0.4, -0.2) is 11.0 Å². The van der Waals surface area contributed by atoms with E-state index in [9.17, 15) is 9.90 Å². The van der Waals surface area contributed by atoms with Gasteiger partial charge >= 0.3 is 0 Å². The van der Waals surface area contributed by atoms with Gasteiger partial charge in [0, 0.05) is 17.0 Å². The van der Waals surface area contributed by atoms with E-state index in [2.05, 4.69) is 17.4 Å². The Hall–Kier alpha value is -3.43. The summed E-state index contributed by atoms with van der Waals surface area (Å²) in [6, 6.07) is 31.9. The van der Waals surface area contributed by atoms with Crippen LogP contribution in [0.15, 0.2) is 97.1 Å². The molecule has 0 heterocycles. The van der Waals surface area contributed by atoms with Crippen molar-refractivity contribution in [1.82, 2.24) is 0 Å². The van der Waals surface area contributed by atoms with Crippen molar-refractivity contribution in [2.45, 2.75) is 32.8 Å². The minimum absolute atomic E-state index is 0.0589. The second kappa shape index (κ2) is 8.97. The Kier molecular flexibility index (Phi) is 6.11. The van der Waals surface area contributed by atoms with E-state index in [4.69, 9.17) is 0 Å². The summed E-state index contributed by atoms with van der Waals surface area (Å²) in [5, 5.41) is 17.0. The van der Waals surface area contributed by atoms with Crippen LogP contribution in [0.1, 0.15) is 49.5 Å². The lowest BCUT2D eigenvalue weighted by molar-refractivity contribution is -0.123. The van der Waals surface area contributed by atoms with Crippen LogP contribution in [-0.2, 0) is 4.79 Å². The molecular formula is C29H29NO2. The van der Waals surface area contributed by atoms with Gasteiger partial charge in [0.1, 0.15) is 0 Å². The van der Waals surface area contributed by atoms with E-state index in [-0.39, 0.29) is 11.8 Å². The second-order valence-electron chi connectivity index (χ2n) is 9.19. The van der Waals surface area contributed by atoms with E-state index < -0.39 is 11.5 Å². The summed E-state index contributed by atoms with van der Waals surface area (Å²) >= 11 is 0. The van der Waals surface area contributed by atoms with Crippen molar-refractivity contribution in [3.8, 4) is 0 Å². The summed E-state index contributed by atoms with van der Waals surface area (Å²) < 4.78 is 0. The lowest BCUT2D eigenvalue weighted by atomic mass is 9.81. The SMILES string of the molecule is CC(C)(C)C(=O)Nc1ccccc1[C@@H](c1ccccc1)[C@H](O)c1cccc2ccccc12. The van der Waals surface area contributed by atoms with Gasteiger partial charge in [-0.15, -0.1) is 0 Å². The van der Waals surface area contributed by atoms with Crippen molar-refractivity contribution >= 4 is 22.4 Å². The number of para-hydroxylation sites is 1. The van der Waals surface area contributed by atoms with E-state index in [1.54, 1.807) is 0 Å². The number of amides is 1. The first kappa shape index (κ1) is 21.8. The van der Waals surface area contributed by atoms with Crippen LogP contribution in [0.4, 0.5) is 5.69 Å². The van der Waals surface area contributed by atoms with Gasteiger partial charge in [0.05, 0.1) is 6.10 Å². The zero-order valence-corrected chi connectivity index (χ0v) is 18.7. The highest BCUT2D eigenvalue weighted by Crippen LogP contribution is 2.42. The molecule has 2 atom stereocenters. The predicted octanol–water partition coefficient (Wildman–Crippen LogP) is 6.69. The zero-order valence-electron chi connectivity index (χ0n) is 18.7. The Labute approximate surface area is 189 Å². The third kappa shape index (κ3) is 4.44. The molecule has 4 rings (SSSR count). The van der Waals surface area contributed by atoms with Gasteiger partial charge in [-0.05, 0) is 33.5 Å². The maximum Gasteiger partial charge on any atom is 0.229 e. The number of aliphatic hydroxyl groups excluding tert-OH is 1. The maximum absolute atomic E-state index is 12.8. The molecule has 0 aliphatic carbocycles. The smallest absolute Gasteiger partial charge is 0.229 e. The molecule has 0 aliphatic rings. The monoisotopic (exact) mass is 423 g/mol. The number of aliphatic hydroxyl groups is 1. The summed E-state index contributed by atoms with van der Waals surface area (Å²) in [4.78, 5) is 12.8. The van der Waals surface area contributed by atoms with Crippen LogP contribution in [0.25, 0.3) is 10.8 Å². The molecule has 0 radical (unpaired) electrons. The largest absolute Gasteiger partial charge is 0.387 e. The van der Waals surface area contributed by atoms with Crippen LogP contribution < -0.4 is 5.32 Å². The molecule has 0 bridgehead atoms. The van der Waals surface area contributed by atoms with Crippen LogP contribution >= 0.6 is 0 Å². The Balaban J connectivity index is 1.86. The van der Waals surface area contributed by atoms with E-state index >= 15 is 0 Å². The van der Waals surface area contributed by atoms with Crippen molar-refractivity contribution in [2.75, 3.05) is 5.32 Å². The van der Waals surface area contributed by atoms with Crippen LogP contribution in [0.5, 0.6) is 0 Å². The molecule has 4 aromatic carbocycles. The third-order valence-corrected chi connectivity index (χ3v) is 5.84. The first-order chi connectivity index (χ1) is 15.4. The van der Waals surface area contributed by atoms with E-state index in [0.29, 0.717) is 0 Å². The number of anilines is 1. The van der Waals surface area contributed by atoms with Crippen LogP contribution in [0, 0.1) is 5.41 Å². The Morgan fingerprint density at radius 3 is 2.09 bits per heavy atom. The highest BCUT2D eigenvalue weighted by molar-refractivity contribution is 5.95. The second-order valence-corrected chi connectivity index (χ2v) is 9.19. The van der Waals surface area contributed by atoms with Gasteiger partial charge in [-0.25, -0.2) is 0 Å². The van der Waals surface area contributed by atoms with Crippen molar-refractivity contribution in [2.24, 2.45) is 5.41 Å². The fraction of sp³-hybridized carbons (Fsp3) is 0.207. The topological polar surface area (TPSA) is 49.3 Å². The highest BCUT2D eigenvalue weighted by Gasteiger charge is 2.29. The van der Waals surface area contributed by atoms with Crippen molar-refractivity contribution in [3.63, 3.8) is 0 Å². The summed E-state index contributed by atoms with van der Waals surface area (Å²) in [7, 11) is 0. The van der Waals surface area contributed by atoms with Gasteiger partial charge in [0.25, 0.3) is 0 Å². The average molecular weight is 424 g/mol. The molecule has 0 aliphatic heterocycles. The molecule has 2 N–H and O–H groups in total. The molecule has 1 amide bonds. The molecule has 0 aromatic heterocycles. The number of hydrogen-bond donors (Lipinski definition) is 2. The zero-order chi connectivity index (χ0) is 22.7. The number of rotatable bonds is 5. The minimum atomic E-state index is -0.795. The van der Waals surface area contributed by atoms with Crippen molar-refractivity contribution in [3.05, 3.63) is 114 Å². The molecule has 162 valence electrons. The normalized spacial score (nSPS) is 13.5. The van der Waals surface area contributed by atoms with E-state index in [0.717, 1.165) is 33.2 Å². The first-order valence-electron chi connectivity index (χ1n) is 11.0. The first-order valence-corrected chi connectivity index (χ1v) is 11.0. The minimum Gasteiger partial charge on any atom is -0.387 e. The third-order valence-electron chi connectivity index (χ3n) is 5.84. The lowest BCUT2D eigenvalue weighted by Crippen LogP contribution is -2.28. The maximum atomic E-state index is 12.8. The van der Waals surface area contributed by atoms with Gasteiger partial charge in [-0.1, -0.05) is 112 Å². The van der Waals surface area contributed by atoms with Crippen LogP contribution in [0.3, 0.4) is 0 Å². The molecule has 0 saturated heterocycles. The fourth-order valence-electron chi connectivity index (χ4n) is 4.07. The standard InChI is InChI=1S/C29H29NO2/c1-29(2,3)28(32)30-25-19-10-9-17-24(25)26(21-13-5-4-6-14-21)27(31)23-18-11-15-20-12-7-8-16-22(20)23/h4-19,26-27,31H,1-3H3,(H,30,32)/t26-,27-/m1/s1. The number of hydrogen-bond acceptors (Lipinski definition) is 2. The molecule has 0 spiro atoms. The molecule has 0 fully saturated rings. The molecule has 3 heteroatoms. The van der Waals surface area contributed by atoms with Gasteiger partial charge < -0.3 is 10.4 Å². The van der Waals surface area contributed by atoms with E-state index in [1.807, 2.05) is 106 Å². The van der Waals surface area contributed by atoms with Crippen LogP contribution in [0.2, 0.25) is 0 Å². The Morgan fingerprint density at radius 2 is 1.34 bits per heavy atom. The summed E-state index contributed by atoms with van der Waals surface area (Å²) in [6.45, 7) is 5.68. The Bertz CT molecular complexity index is 1220. The van der Waals surface area contributed by atoms with Gasteiger partial charge in [0.2, 0.25) is 5.91 Å². The quantitative estimate of drug-likeness (QED) is 0.376. The van der Waals surface area contributed by atoms with Gasteiger partial charge in [-0.3, -0.25) is 4.79 Å². The number of nitrogens with one attached hydrogen (secondary N) is 1. The molecule has 32 heavy (non-hydrogen) atoms. The lowest BCUT2D eigenvalue weighted by Gasteiger charge is -2.28. The van der Waals surface area contributed by atoms with Gasteiger partial charge in [0.15, 0.2) is 0 Å². The fourth-order valence-corrected chi connectivity index (χ4v) is 4.07. The Morgan fingerprint density at radius 1 is 0.750 bits per heavy atom.